The fourth-order valence-corrected chi connectivity index (χ4v) is 7.44. The number of hydrogen-bond donors (Lipinski definition) is 1. The van der Waals surface area contributed by atoms with Crippen molar-refractivity contribution >= 4 is 20.9 Å². The van der Waals surface area contributed by atoms with Crippen LogP contribution in [0.5, 0.6) is 5.75 Å². The van der Waals surface area contributed by atoms with Crippen LogP contribution in [-0.4, -0.2) is 66.8 Å². The molecule has 3 aliphatic heterocycles. The summed E-state index contributed by atoms with van der Waals surface area (Å²) in [5.41, 5.74) is 4.67. The summed E-state index contributed by atoms with van der Waals surface area (Å²) in [6.07, 6.45) is -0.927. The van der Waals surface area contributed by atoms with E-state index >= 15 is 0 Å². The van der Waals surface area contributed by atoms with Crippen LogP contribution in [0.4, 0.5) is 8.78 Å². The first-order valence-corrected chi connectivity index (χ1v) is 12.4. The second-order valence-electron chi connectivity index (χ2n) is 8.17. The minimum atomic E-state index is -3.57. The van der Waals surface area contributed by atoms with Gasteiger partial charge in [0.05, 0.1) is 53.3 Å². The molecule has 3 aliphatic rings. The maximum atomic E-state index is 14.7. The first-order valence-electron chi connectivity index (χ1n) is 9.47. The lowest BCUT2D eigenvalue weighted by Crippen LogP contribution is -2.62. The van der Waals surface area contributed by atoms with E-state index < -0.39 is 60.6 Å². The van der Waals surface area contributed by atoms with Crippen LogP contribution in [0, 0.1) is 17.6 Å². The molecule has 12 heteroatoms. The smallest absolute Gasteiger partial charge is 0.165 e. The zero-order chi connectivity index (χ0) is 21.7. The third kappa shape index (κ3) is 3.67. The summed E-state index contributed by atoms with van der Waals surface area (Å²) >= 11 is -2.83. The Hall–Kier alpha value is -1.18. The van der Waals surface area contributed by atoms with E-state index in [2.05, 4.69) is 0 Å². The van der Waals surface area contributed by atoms with Gasteiger partial charge in [0, 0.05) is 12.5 Å². The fourth-order valence-electron chi connectivity index (χ4n) is 4.59. The highest BCUT2D eigenvalue weighted by Gasteiger charge is 2.55. The number of hydrogen-bond acceptors (Lipinski definition) is 8. The van der Waals surface area contributed by atoms with E-state index in [1.54, 1.807) is 0 Å². The maximum Gasteiger partial charge on any atom is 0.165 e. The quantitative estimate of drug-likeness (QED) is 0.596. The number of ether oxygens (including phenoxy) is 3. The average Bonchev–Trinajstić information content (AvgIpc) is 2.66. The maximum absolute atomic E-state index is 14.7. The zero-order valence-electron chi connectivity index (χ0n) is 16.0. The molecule has 0 aliphatic carbocycles. The third-order valence-corrected chi connectivity index (χ3v) is 9.22. The summed E-state index contributed by atoms with van der Waals surface area (Å²) in [7, 11) is -3.57. The molecule has 2 N–H and O–H groups in total. The summed E-state index contributed by atoms with van der Waals surface area (Å²) in [5.74, 6) is -3.58. The van der Waals surface area contributed by atoms with E-state index in [9.17, 15) is 26.0 Å². The van der Waals surface area contributed by atoms with Crippen LogP contribution in [0.25, 0.3) is 0 Å². The van der Waals surface area contributed by atoms with E-state index in [0.29, 0.717) is 0 Å². The standard InChI is InChI=1S/C18H23F2NO7S2/c19-12-1-2-13(20)16-15(12)18(29(22)23)4-5-27-14(11(18)7-28-16)3-6-30(24,25)10-17(21)8-26-9-17/h1-2,11,14H,3-10,21H2,(H,22,23)/p-1. The van der Waals surface area contributed by atoms with Gasteiger partial charge < -0.3 is 24.5 Å². The highest BCUT2D eigenvalue weighted by molar-refractivity contribution is 7.91. The Morgan fingerprint density at radius 2 is 1.97 bits per heavy atom. The van der Waals surface area contributed by atoms with Crippen molar-refractivity contribution in [1.29, 1.82) is 0 Å². The minimum absolute atomic E-state index is 0.0154. The van der Waals surface area contributed by atoms with Crippen LogP contribution in [0.3, 0.4) is 0 Å². The van der Waals surface area contributed by atoms with Crippen LogP contribution in [-0.2, 0) is 35.1 Å². The first kappa shape index (κ1) is 22.0. The fraction of sp³-hybridized carbons (Fsp3) is 0.667. The van der Waals surface area contributed by atoms with E-state index in [1.807, 2.05) is 0 Å². The lowest BCUT2D eigenvalue weighted by atomic mass is 9.75. The van der Waals surface area contributed by atoms with Gasteiger partial charge in [0.1, 0.15) is 5.82 Å². The molecule has 168 valence electrons. The SMILES string of the molecule is NC1(CS(=O)(=O)CCC2OCCC3(S(=O)[O-])c4c(F)ccc(F)c4OCC23)COC1. The molecule has 0 amide bonds. The van der Waals surface area contributed by atoms with Gasteiger partial charge in [-0.3, -0.25) is 4.21 Å². The number of nitrogens with two attached hydrogens (primary N) is 1. The topological polar surface area (TPSA) is 128 Å². The van der Waals surface area contributed by atoms with Gasteiger partial charge >= 0.3 is 0 Å². The number of halogens is 2. The number of fused-ring (bicyclic) bond motifs is 3. The molecule has 2 saturated heterocycles. The Kier molecular flexibility index (Phi) is 5.69. The molecule has 4 unspecified atom stereocenters. The van der Waals surface area contributed by atoms with Crippen LogP contribution in [0.2, 0.25) is 0 Å². The third-order valence-electron chi connectivity index (χ3n) is 6.04. The van der Waals surface area contributed by atoms with Crippen molar-refractivity contribution in [3.05, 3.63) is 29.3 Å². The van der Waals surface area contributed by atoms with Crippen LogP contribution in [0.15, 0.2) is 12.1 Å². The summed E-state index contributed by atoms with van der Waals surface area (Å²) in [6, 6.07) is 1.75. The minimum Gasteiger partial charge on any atom is -0.772 e. The second kappa shape index (κ2) is 7.75. The molecule has 4 rings (SSSR count). The number of rotatable bonds is 6. The molecule has 0 aromatic heterocycles. The number of sulfone groups is 1. The summed E-state index contributed by atoms with van der Waals surface area (Å²) in [5, 5.41) is 0. The Bertz CT molecular complexity index is 970. The Morgan fingerprint density at radius 1 is 1.27 bits per heavy atom. The number of benzene rings is 1. The van der Waals surface area contributed by atoms with E-state index in [1.165, 1.54) is 0 Å². The Balaban J connectivity index is 1.61. The summed E-state index contributed by atoms with van der Waals surface area (Å²) in [4.78, 5) is 0. The zero-order valence-corrected chi connectivity index (χ0v) is 17.6. The van der Waals surface area contributed by atoms with Gasteiger partial charge in [-0.15, -0.1) is 0 Å². The van der Waals surface area contributed by atoms with Gasteiger partial charge in [-0.2, -0.15) is 0 Å². The predicted octanol–water partition coefficient (Wildman–Crippen LogP) is 0.369. The molecular formula is C18H22F2NO7S2-. The molecule has 2 fully saturated rings. The van der Waals surface area contributed by atoms with Gasteiger partial charge in [0.25, 0.3) is 0 Å². The van der Waals surface area contributed by atoms with Crippen LogP contribution in [0.1, 0.15) is 18.4 Å². The lowest BCUT2D eigenvalue weighted by Gasteiger charge is -2.51. The average molecular weight is 467 g/mol. The predicted molar refractivity (Wildman–Crippen MR) is 101 cm³/mol. The monoisotopic (exact) mass is 466 g/mol. The van der Waals surface area contributed by atoms with Gasteiger partial charge in [-0.05, 0) is 36.1 Å². The normalized spacial score (nSPS) is 31.1. The molecule has 1 aromatic carbocycles. The molecule has 8 nitrogen and oxygen atoms in total. The highest BCUT2D eigenvalue weighted by atomic mass is 32.2. The molecule has 1 aromatic rings. The van der Waals surface area contributed by atoms with Crippen molar-refractivity contribution in [2.24, 2.45) is 11.7 Å². The van der Waals surface area contributed by atoms with Gasteiger partial charge in [-0.1, -0.05) is 0 Å². The first-order chi connectivity index (χ1) is 14.1. The van der Waals surface area contributed by atoms with Crippen molar-refractivity contribution in [3.63, 3.8) is 0 Å². The molecular weight excluding hydrogens is 444 g/mol. The van der Waals surface area contributed by atoms with Gasteiger partial charge in [-0.25, -0.2) is 17.2 Å². The molecule has 4 atom stereocenters. The Labute approximate surface area is 175 Å². The van der Waals surface area contributed by atoms with Crippen LogP contribution >= 0.6 is 0 Å². The molecule has 0 radical (unpaired) electrons. The molecule has 0 spiro atoms. The highest BCUT2D eigenvalue weighted by Crippen LogP contribution is 2.52. The van der Waals surface area contributed by atoms with E-state index in [-0.39, 0.29) is 56.3 Å². The summed E-state index contributed by atoms with van der Waals surface area (Å²) in [6.45, 7) is 0.0328. The van der Waals surface area contributed by atoms with Crippen molar-refractivity contribution in [3.8, 4) is 5.75 Å². The molecule has 30 heavy (non-hydrogen) atoms. The summed E-state index contributed by atoms with van der Waals surface area (Å²) < 4.78 is 92.9. The molecule has 0 saturated carbocycles. The van der Waals surface area contributed by atoms with E-state index in [0.717, 1.165) is 12.1 Å². The lowest BCUT2D eigenvalue weighted by molar-refractivity contribution is -0.0737. The van der Waals surface area contributed by atoms with Crippen molar-refractivity contribution in [2.75, 3.05) is 37.9 Å². The van der Waals surface area contributed by atoms with Crippen molar-refractivity contribution in [2.45, 2.75) is 29.2 Å². The Morgan fingerprint density at radius 3 is 2.60 bits per heavy atom. The van der Waals surface area contributed by atoms with Gasteiger partial charge in [0.2, 0.25) is 0 Å². The second-order valence-corrected chi connectivity index (χ2v) is 11.6. The largest absolute Gasteiger partial charge is 0.772 e. The van der Waals surface area contributed by atoms with Crippen LogP contribution < -0.4 is 10.5 Å². The van der Waals surface area contributed by atoms with Crippen molar-refractivity contribution in [1.82, 2.24) is 0 Å². The van der Waals surface area contributed by atoms with Gasteiger partial charge in [0.15, 0.2) is 21.4 Å². The molecule has 0 bridgehead atoms. The van der Waals surface area contributed by atoms with E-state index in [4.69, 9.17) is 19.9 Å². The molecule has 3 heterocycles. The van der Waals surface area contributed by atoms with Crippen molar-refractivity contribution < 1.29 is 40.2 Å².